The maximum absolute atomic E-state index is 11.9. The molecule has 0 saturated heterocycles. The van der Waals surface area contributed by atoms with Crippen molar-refractivity contribution in [3.63, 3.8) is 0 Å². The first kappa shape index (κ1) is 14.2. The zero-order valence-corrected chi connectivity index (χ0v) is 12.7. The van der Waals surface area contributed by atoms with Gasteiger partial charge >= 0.3 is 0 Å². The Bertz CT molecular complexity index is 618. The summed E-state index contributed by atoms with van der Waals surface area (Å²) < 4.78 is 1.55. The van der Waals surface area contributed by atoms with Crippen LogP contribution in [0.4, 0.5) is 5.13 Å². The van der Waals surface area contributed by atoms with E-state index < -0.39 is 0 Å². The maximum atomic E-state index is 11.9. The van der Waals surface area contributed by atoms with Crippen LogP contribution in [0, 0.1) is 12.8 Å². The molecular weight excluding hydrogens is 288 g/mol. The van der Waals surface area contributed by atoms with Gasteiger partial charge in [-0.2, -0.15) is 0 Å². The van der Waals surface area contributed by atoms with E-state index >= 15 is 0 Å². The van der Waals surface area contributed by atoms with E-state index in [1.54, 1.807) is 10.9 Å². The topological polar surface area (TPSA) is 84.7 Å². The predicted octanol–water partition coefficient (Wildman–Crippen LogP) is 1.18. The van der Waals surface area contributed by atoms with Crippen molar-refractivity contribution in [3.8, 4) is 0 Å². The van der Waals surface area contributed by atoms with Crippen LogP contribution in [-0.4, -0.2) is 32.4 Å². The number of hydrogen-bond donors (Lipinski definition) is 2. The number of carbonyl (C=O) groups excluding carboxylic acids is 1. The van der Waals surface area contributed by atoms with Crippen LogP contribution < -0.4 is 10.6 Å². The number of aryl methyl sites for hydroxylation is 1. The van der Waals surface area contributed by atoms with E-state index in [1.165, 1.54) is 24.2 Å². The zero-order chi connectivity index (χ0) is 14.7. The monoisotopic (exact) mass is 306 g/mol. The Morgan fingerprint density at radius 1 is 1.52 bits per heavy atom. The molecule has 0 radical (unpaired) electrons. The number of hydrogen-bond acceptors (Lipinski definition) is 6. The SMILES string of the molecule is Cc1csc(NC(=O)Cn2cc(CNCC3CC3)nn2)n1. The van der Waals surface area contributed by atoms with Gasteiger partial charge in [0, 0.05) is 11.9 Å². The van der Waals surface area contributed by atoms with Crippen molar-refractivity contribution in [3.05, 3.63) is 23.0 Å². The number of anilines is 1. The Morgan fingerprint density at radius 3 is 3.10 bits per heavy atom. The molecule has 1 aliphatic rings. The van der Waals surface area contributed by atoms with Crippen molar-refractivity contribution >= 4 is 22.4 Å². The average molecular weight is 306 g/mol. The van der Waals surface area contributed by atoms with Gasteiger partial charge in [-0.25, -0.2) is 9.67 Å². The van der Waals surface area contributed by atoms with E-state index in [-0.39, 0.29) is 12.5 Å². The summed E-state index contributed by atoms with van der Waals surface area (Å²) in [5, 5.41) is 16.6. The van der Waals surface area contributed by atoms with Crippen LogP contribution in [0.3, 0.4) is 0 Å². The van der Waals surface area contributed by atoms with Crippen molar-refractivity contribution in [2.24, 2.45) is 5.92 Å². The number of carbonyl (C=O) groups is 1. The highest BCUT2D eigenvalue weighted by molar-refractivity contribution is 7.13. The van der Waals surface area contributed by atoms with Crippen molar-refractivity contribution < 1.29 is 4.79 Å². The molecule has 1 amide bonds. The summed E-state index contributed by atoms with van der Waals surface area (Å²) in [6.07, 6.45) is 4.46. The minimum absolute atomic E-state index is 0.147. The van der Waals surface area contributed by atoms with Crippen LogP contribution in [0.1, 0.15) is 24.2 Å². The summed E-state index contributed by atoms with van der Waals surface area (Å²) in [6, 6.07) is 0. The number of nitrogens with zero attached hydrogens (tertiary/aromatic N) is 4. The molecule has 1 aliphatic carbocycles. The molecule has 3 rings (SSSR count). The Labute approximate surface area is 126 Å². The quantitative estimate of drug-likeness (QED) is 0.802. The fourth-order valence-electron chi connectivity index (χ4n) is 1.94. The third kappa shape index (κ3) is 4.33. The van der Waals surface area contributed by atoms with Crippen LogP contribution in [0.15, 0.2) is 11.6 Å². The van der Waals surface area contributed by atoms with E-state index in [4.69, 9.17) is 0 Å². The van der Waals surface area contributed by atoms with Crippen LogP contribution in [-0.2, 0) is 17.9 Å². The first-order chi connectivity index (χ1) is 10.2. The molecule has 21 heavy (non-hydrogen) atoms. The van der Waals surface area contributed by atoms with Crippen molar-refractivity contribution in [1.29, 1.82) is 0 Å². The first-order valence-electron chi connectivity index (χ1n) is 7.01. The van der Waals surface area contributed by atoms with E-state index in [0.29, 0.717) is 11.7 Å². The number of rotatable bonds is 7. The third-order valence-electron chi connectivity index (χ3n) is 3.19. The minimum Gasteiger partial charge on any atom is -0.311 e. The average Bonchev–Trinajstić information content (AvgIpc) is 3.01. The zero-order valence-electron chi connectivity index (χ0n) is 11.9. The normalized spacial score (nSPS) is 14.3. The molecule has 0 atom stereocenters. The second-order valence-corrected chi connectivity index (χ2v) is 6.18. The lowest BCUT2D eigenvalue weighted by Gasteiger charge is -2.01. The highest BCUT2D eigenvalue weighted by atomic mass is 32.1. The summed E-state index contributed by atoms with van der Waals surface area (Å²) in [5.41, 5.74) is 1.76. The van der Waals surface area contributed by atoms with E-state index in [1.807, 2.05) is 12.3 Å². The van der Waals surface area contributed by atoms with Gasteiger partial charge in [0.25, 0.3) is 0 Å². The smallest absolute Gasteiger partial charge is 0.247 e. The Kier molecular flexibility index (Phi) is 4.26. The fraction of sp³-hybridized carbons (Fsp3) is 0.538. The Balaban J connectivity index is 1.45. The predicted molar refractivity (Wildman–Crippen MR) is 79.9 cm³/mol. The first-order valence-corrected chi connectivity index (χ1v) is 7.89. The number of amides is 1. The number of nitrogens with one attached hydrogen (secondary N) is 2. The largest absolute Gasteiger partial charge is 0.311 e. The van der Waals surface area contributed by atoms with Gasteiger partial charge in [-0.1, -0.05) is 5.21 Å². The molecule has 112 valence electrons. The number of aromatic nitrogens is 4. The second kappa shape index (κ2) is 6.31. The molecule has 2 aromatic heterocycles. The molecular formula is C13H18N6OS. The van der Waals surface area contributed by atoms with Gasteiger partial charge in [-0.3, -0.25) is 4.79 Å². The minimum atomic E-state index is -0.147. The van der Waals surface area contributed by atoms with Gasteiger partial charge in [0.2, 0.25) is 5.91 Å². The van der Waals surface area contributed by atoms with E-state index in [9.17, 15) is 4.79 Å². The van der Waals surface area contributed by atoms with E-state index in [2.05, 4.69) is 25.9 Å². The molecule has 0 spiro atoms. The van der Waals surface area contributed by atoms with Crippen LogP contribution in [0.2, 0.25) is 0 Å². The van der Waals surface area contributed by atoms with Gasteiger partial charge in [-0.15, -0.1) is 16.4 Å². The summed E-state index contributed by atoms with van der Waals surface area (Å²) >= 11 is 1.41. The van der Waals surface area contributed by atoms with Gasteiger partial charge in [-0.05, 0) is 32.2 Å². The highest BCUT2D eigenvalue weighted by Gasteiger charge is 2.20. The molecule has 0 aliphatic heterocycles. The van der Waals surface area contributed by atoms with Gasteiger partial charge in [0.1, 0.15) is 6.54 Å². The lowest BCUT2D eigenvalue weighted by atomic mass is 10.4. The molecule has 1 fully saturated rings. The number of thiazole rings is 1. The van der Waals surface area contributed by atoms with Gasteiger partial charge in [0.05, 0.1) is 17.6 Å². The summed E-state index contributed by atoms with van der Waals surface area (Å²) in [4.78, 5) is 16.1. The lowest BCUT2D eigenvalue weighted by Crippen LogP contribution is -2.19. The summed E-state index contributed by atoms with van der Waals surface area (Å²) in [5.74, 6) is 0.694. The highest BCUT2D eigenvalue weighted by Crippen LogP contribution is 2.27. The van der Waals surface area contributed by atoms with Crippen LogP contribution >= 0.6 is 11.3 Å². The van der Waals surface area contributed by atoms with Crippen molar-refractivity contribution in [2.75, 3.05) is 11.9 Å². The molecule has 2 heterocycles. The fourth-order valence-corrected chi connectivity index (χ4v) is 2.64. The molecule has 2 aromatic rings. The maximum Gasteiger partial charge on any atom is 0.247 e. The molecule has 2 N–H and O–H groups in total. The molecule has 0 bridgehead atoms. The lowest BCUT2D eigenvalue weighted by molar-refractivity contribution is -0.116. The third-order valence-corrected chi connectivity index (χ3v) is 4.07. The van der Waals surface area contributed by atoms with E-state index in [0.717, 1.165) is 23.9 Å². The second-order valence-electron chi connectivity index (χ2n) is 5.32. The Hall–Kier alpha value is -1.80. The molecule has 1 saturated carbocycles. The molecule has 0 aromatic carbocycles. The van der Waals surface area contributed by atoms with Crippen molar-refractivity contribution in [1.82, 2.24) is 25.3 Å². The van der Waals surface area contributed by atoms with Gasteiger partial charge < -0.3 is 10.6 Å². The summed E-state index contributed by atoms with van der Waals surface area (Å²) in [7, 11) is 0. The standard InChI is InChI=1S/C13H18N6OS/c1-9-8-21-13(15-9)16-12(20)7-19-6-11(17-18-19)5-14-4-10-2-3-10/h6,8,10,14H,2-5,7H2,1H3,(H,15,16,20). The van der Waals surface area contributed by atoms with Crippen LogP contribution in [0.25, 0.3) is 0 Å². The van der Waals surface area contributed by atoms with Crippen LogP contribution in [0.5, 0.6) is 0 Å². The summed E-state index contributed by atoms with van der Waals surface area (Å²) in [6.45, 7) is 3.78. The van der Waals surface area contributed by atoms with Gasteiger partial charge in [0.15, 0.2) is 5.13 Å². The molecule has 8 heteroatoms. The Morgan fingerprint density at radius 2 is 2.38 bits per heavy atom. The van der Waals surface area contributed by atoms with Crippen molar-refractivity contribution in [2.45, 2.75) is 32.9 Å². The molecule has 0 unspecified atom stereocenters. The molecule has 7 nitrogen and oxygen atoms in total.